The highest BCUT2D eigenvalue weighted by Gasteiger charge is 2.19. The van der Waals surface area contributed by atoms with Gasteiger partial charge in [0.05, 0.1) is 17.1 Å². The Morgan fingerprint density at radius 1 is 0.920 bits per heavy atom. The lowest BCUT2D eigenvalue weighted by Crippen LogP contribution is -2.18. The Morgan fingerprint density at radius 3 is 2.48 bits per heavy atom. The van der Waals surface area contributed by atoms with Gasteiger partial charge in [-0.05, 0) is 35.4 Å². The van der Waals surface area contributed by atoms with Crippen molar-refractivity contribution in [3.8, 4) is 0 Å². The fourth-order valence-corrected chi connectivity index (χ4v) is 3.53. The van der Waals surface area contributed by atoms with Crippen LogP contribution in [-0.2, 0) is 6.54 Å². The number of aromatic nitrogens is 2. The molecule has 1 atom stereocenters. The summed E-state index contributed by atoms with van der Waals surface area (Å²) < 4.78 is 3.24. The van der Waals surface area contributed by atoms with Crippen molar-refractivity contribution >= 4 is 27.0 Å². The van der Waals surface area contributed by atoms with Gasteiger partial charge in [0.2, 0.25) is 0 Å². The maximum Gasteiger partial charge on any atom is 0.131 e. The summed E-state index contributed by atoms with van der Waals surface area (Å²) in [5.74, 6) is 0.878. The monoisotopic (exact) mass is 391 g/mol. The van der Waals surface area contributed by atoms with E-state index in [4.69, 9.17) is 10.7 Å². The maximum atomic E-state index is 6.60. The Hall–Kier alpha value is -2.43. The van der Waals surface area contributed by atoms with Gasteiger partial charge in [0.1, 0.15) is 5.82 Å². The molecular weight excluding hydrogens is 374 g/mol. The van der Waals surface area contributed by atoms with Crippen LogP contribution in [0.4, 0.5) is 0 Å². The van der Waals surface area contributed by atoms with E-state index < -0.39 is 0 Å². The van der Waals surface area contributed by atoms with Gasteiger partial charge in [-0.25, -0.2) is 4.98 Å². The predicted molar refractivity (Wildman–Crippen MR) is 105 cm³/mol. The highest BCUT2D eigenvalue weighted by atomic mass is 79.9. The molecule has 0 aliphatic heterocycles. The Labute approximate surface area is 155 Å². The van der Waals surface area contributed by atoms with Crippen LogP contribution in [0, 0.1) is 0 Å². The van der Waals surface area contributed by atoms with Crippen LogP contribution < -0.4 is 5.73 Å². The average molecular weight is 392 g/mol. The van der Waals surface area contributed by atoms with Gasteiger partial charge in [0.25, 0.3) is 0 Å². The second-order valence-electron chi connectivity index (χ2n) is 6.06. The van der Waals surface area contributed by atoms with Crippen molar-refractivity contribution in [2.75, 3.05) is 0 Å². The minimum absolute atomic E-state index is 0.284. The van der Waals surface area contributed by atoms with E-state index in [1.165, 1.54) is 5.56 Å². The molecule has 1 unspecified atom stereocenters. The minimum Gasteiger partial charge on any atom is -0.322 e. The van der Waals surface area contributed by atoms with E-state index in [1.807, 2.05) is 42.5 Å². The molecule has 0 radical (unpaired) electrons. The third-order valence-electron chi connectivity index (χ3n) is 4.35. The van der Waals surface area contributed by atoms with Gasteiger partial charge < -0.3 is 10.3 Å². The number of hydrogen-bond acceptors (Lipinski definition) is 2. The summed E-state index contributed by atoms with van der Waals surface area (Å²) in [7, 11) is 0. The number of halogens is 1. The zero-order valence-electron chi connectivity index (χ0n) is 13.6. The second-order valence-corrected chi connectivity index (χ2v) is 6.98. The first-order valence-corrected chi connectivity index (χ1v) is 9.02. The molecule has 2 N–H and O–H groups in total. The molecule has 0 spiro atoms. The van der Waals surface area contributed by atoms with Gasteiger partial charge in [-0.15, -0.1) is 0 Å². The smallest absolute Gasteiger partial charge is 0.131 e. The fraction of sp³-hybridized carbons (Fsp3) is 0.0952. The van der Waals surface area contributed by atoms with E-state index in [1.54, 1.807) is 0 Å². The lowest BCUT2D eigenvalue weighted by Gasteiger charge is -2.15. The molecule has 4 aromatic rings. The Bertz CT molecular complexity index is 1010. The summed E-state index contributed by atoms with van der Waals surface area (Å²) in [4.78, 5) is 4.84. The van der Waals surface area contributed by atoms with Gasteiger partial charge >= 0.3 is 0 Å². The first-order valence-electron chi connectivity index (χ1n) is 8.22. The summed E-state index contributed by atoms with van der Waals surface area (Å²) >= 11 is 3.53. The highest BCUT2D eigenvalue weighted by Crippen LogP contribution is 2.26. The van der Waals surface area contributed by atoms with Gasteiger partial charge in [-0.2, -0.15) is 0 Å². The molecule has 3 aromatic carbocycles. The van der Waals surface area contributed by atoms with Crippen molar-refractivity contribution in [3.05, 3.63) is 100 Å². The van der Waals surface area contributed by atoms with Gasteiger partial charge in [0.15, 0.2) is 0 Å². The number of imidazole rings is 1. The van der Waals surface area contributed by atoms with E-state index in [0.29, 0.717) is 0 Å². The lowest BCUT2D eigenvalue weighted by atomic mass is 10.1. The molecule has 124 valence electrons. The zero-order valence-corrected chi connectivity index (χ0v) is 15.2. The SMILES string of the molecule is NC(c1cccc(Br)c1)c1nc2ccccc2n1Cc1ccccc1. The molecule has 0 fully saturated rings. The molecule has 0 bridgehead atoms. The Balaban J connectivity index is 1.84. The molecule has 25 heavy (non-hydrogen) atoms. The molecule has 0 aliphatic carbocycles. The Morgan fingerprint density at radius 2 is 1.68 bits per heavy atom. The average Bonchev–Trinajstić information content (AvgIpc) is 3.01. The van der Waals surface area contributed by atoms with E-state index >= 15 is 0 Å². The largest absolute Gasteiger partial charge is 0.322 e. The fourth-order valence-electron chi connectivity index (χ4n) is 3.11. The maximum absolute atomic E-state index is 6.60. The highest BCUT2D eigenvalue weighted by molar-refractivity contribution is 9.10. The van der Waals surface area contributed by atoms with Crippen molar-refractivity contribution < 1.29 is 0 Å². The summed E-state index contributed by atoms with van der Waals surface area (Å²) in [6.07, 6.45) is 0. The van der Waals surface area contributed by atoms with Crippen LogP contribution in [0.1, 0.15) is 23.0 Å². The molecular formula is C21H18BrN3. The van der Waals surface area contributed by atoms with Crippen LogP contribution >= 0.6 is 15.9 Å². The van der Waals surface area contributed by atoms with E-state index in [-0.39, 0.29) is 6.04 Å². The van der Waals surface area contributed by atoms with E-state index in [9.17, 15) is 0 Å². The zero-order chi connectivity index (χ0) is 17.2. The summed E-state index contributed by atoms with van der Waals surface area (Å²) in [5.41, 5.74) is 10.9. The van der Waals surface area contributed by atoms with Crippen LogP contribution in [-0.4, -0.2) is 9.55 Å². The number of nitrogens with zero attached hydrogens (tertiary/aromatic N) is 2. The second kappa shape index (κ2) is 6.82. The first kappa shape index (κ1) is 16.1. The van der Waals surface area contributed by atoms with E-state index in [2.05, 4.69) is 56.9 Å². The quantitative estimate of drug-likeness (QED) is 0.537. The van der Waals surface area contributed by atoms with Gasteiger partial charge in [0, 0.05) is 11.0 Å². The predicted octanol–water partition coefficient (Wildman–Crippen LogP) is 4.90. The first-order chi connectivity index (χ1) is 12.2. The van der Waals surface area contributed by atoms with E-state index in [0.717, 1.165) is 33.4 Å². The van der Waals surface area contributed by atoms with Crippen molar-refractivity contribution in [1.82, 2.24) is 9.55 Å². The normalized spacial score (nSPS) is 12.4. The molecule has 0 saturated heterocycles. The van der Waals surface area contributed by atoms with Crippen LogP contribution in [0.5, 0.6) is 0 Å². The molecule has 4 rings (SSSR count). The van der Waals surface area contributed by atoms with Crippen LogP contribution in [0.15, 0.2) is 83.3 Å². The summed E-state index contributed by atoms with van der Waals surface area (Å²) in [6, 6.07) is 26.4. The molecule has 1 aromatic heterocycles. The summed E-state index contributed by atoms with van der Waals surface area (Å²) in [6.45, 7) is 0.748. The molecule has 0 aliphatic rings. The number of fused-ring (bicyclic) bond motifs is 1. The molecule has 0 amide bonds. The molecule has 1 heterocycles. The van der Waals surface area contributed by atoms with Crippen molar-refractivity contribution in [1.29, 1.82) is 0 Å². The standard InChI is InChI=1S/C21H18BrN3/c22-17-10-6-9-16(13-17)20(23)21-24-18-11-4-5-12-19(18)25(21)14-15-7-2-1-3-8-15/h1-13,20H,14,23H2. The Kier molecular flexibility index (Phi) is 4.38. The van der Waals surface area contributed by atoms with Crippen molar-refractivity contribution in [2.24, 2.45) is 5.73 Å². The van der Waals surface area contributed by atoms with Crippen LogP contribution in [0.2, 0.25) is 0 Å². The van der Waals surface area contributed by atoms with Crippen LogP contribution in [0.3, 0.4) is 0 Å². The van der Waals surface area contributed by atoms with Crippen LogP contribution in [0.25, 0.3) is 11.0 Å². The molecule has 0 saturated carbocycles. The summed E-state index contributed by atoms with van der Waals surface area (Å²) in [5, 5.41) is 0. The van der Waals surface area contributed by atoms with Crippen molar-refractivity contribution in [2.45, 2.75) is 12.6 Å². The third-order valence-corrected chi connectivity index (χ3v) is 4.85. The van der Waals surface area contributed by atoms with Crippen molar-refractivity contribution in [3.63, 3.8) is 0 Å². The number of rotatable bonds is 4. The minimum atomic E-state index is -0.284. The number of nitrogens with two attached hydrogens (primary N) is 1. The number of benzene rings is 3. The van der Waals surface area contributed by atoms with Gasteiger partial charge in [-0.3, -0.25) is 0 Å². The topological polar surface area (TPSA) is 43.8 Å². The third kappa shape index (κ3) is 3.23. The lowest BCUT2D eigenvalue weighted by molar-refractivity contribution is 0.688. The number of para-hydroxylation sites is 2. The molecule has 4 heteroatoms. The number of hydrogen-bond donors (Lipinski definition) is 1. The van der Waals surface area contributed by atoms with Gasteiger partial charge in [-0.1, -0.05) is 70.5 Å². The molecule has 3 nitrogen and oxygen atoms in total.